The first-order valence-corrected chi connectivity index (χ1v) is 19.9. The fourth-order valence-corrected chi connectivity index (χ4v) is 8.36. The number of anilines is 1. The van der Waals surface area contributed by atoms with Gasteiger partial charge < -0.3 is 15.0 Å². The van der Waals surface area contributed by atoms with Crippen LogP contribution in [0.15, 0.2) is 117 Å². The van der Waals surface area contributed by atoms with Crippen LogP contribution in [-0.2, 0) is 32.6 Å². The van der Waals surface area contributed by atoms with Gasteiger partial charge in [-0.15, -0.1) is 11.8 Å². The number of para-hydroxylation sites is 2. The Hall–Kier alpha value is -3.80. The highest BCUT2D eigenvalue weighted by atomic mass is 79.9. The van der Waals surface area contributed by atoms with Gasteiger partial charge in [-0.1, -0.05) is 83.4 Å². The van der Waals surface area contributed by atoms with Crippen LogP contribution < -0.4 is 14.4 Å². The van der Waals surface area contributed by atoms with Gasteiger partial charge in [-0.05, 0) is 85.7 Å². The minimum Gasteiger partial charge on any atom is -0.492 e. The van der Waals surface area contributed by atoms with E-state index in [-0.39, 0.29) is 35.5 Å². The van der Waals surface area contributed by atoms with E-state index < -0.39 is 28.5 Å². The lowest BCUT2D eigenvalue weighted by Crippen LogP contribution is -2.54. The van der Waals surface area contributed by atoms with Gasteiger partial charge in [-0.25, -0.2) is 8.42 Å². The lowest BCUT2D eigenvalue weighted by molar-refractivity contribution is -0.140. The van der Waals surface area contributed by atoms with E-state index >= 15 is 0 Å². The lowest BCUT2D eigenvalue weighted by atomic mass is 10.0. The molecule has 0 aliphatic heterocycles. The van der Waals surface area contributed by atoms with E-state index in [9.17, 15) is 18.0 Å². The van der Waals surface area contributed by atoms with E-state index in [4.69, 9.17) is 4.74 Å². The molecule has 0 heterocycles. The fraction of sp³-hybridized carbons (Fsp3) is 0.316. The van der Waals surface area contributed by atoms with Gasteiger partial charge in [0.25, 0.3) is 10.0 Å². The Morgan fingerprint density at radius 1 is 0.918 bits per heavy atom. The fourth-order valence-electron chi connectivity index (χ4n) is 6.08. The summed E-state index contributed by atoms with van der Waals surface area (Å²) in [7, 11) is -4.26. The third-order valence-corrected chi connectivity index (χ3v) is 11.6. The Kier molecular flexibility index (Phi) is 12.8. The number of thioether (sulfide) groups is 1. The summed E-state index contributed by atoms with van der Waals surface area (Å²) in [6.07, 6.45) is 6.04. The zero-order valence-electron chi connectivity index (χ0n) is 27.8. The van der Waals surface area contributed by atoms with Crippen LogP contribution in [0.5, 0.6) is 5.75 Å². The first kappa shape index (κ1) is 36.5. The van der Waals surface area contributed by atoms with Crippen molar-refractivity contribution in [2.24, 2.45) is 0 Å². The van der Waals surface area contributed by atoms with E-state index in [1.807, 2.05) is 67.8 Å². The van der Waals surface area contributed by atoms with Crippen molar-refractivity contribution >= 4 is 55.2 Å². The minimum absolute atomic E-state index is 0.0350. The quantitative estimate of drug-likeness (QED) is 0.126. The number of benzene rings is 4. The number of halogens is 1. The highest BCUT2D eigenvalue weighted by molar-refractivity contribution is 9.10. The molecule has 0 spiro atoms. The number of rotatable bonds is 15. The molecule has 4 aromatic carbocycles. The molecule has 0 unspecified atom stereocenters. The molecule has 49 heavy (non-hydrogen) atoms. The molecular formula is C38H42BrN3O5S2. The van der Waals surface area contributed by atoms with Gasteiger partial charge in [-0.2, -0.15) is 0 Å². The summed E-state index contributed by atoms with van der Waals surface area (Å²) in [6, 6.07) is 29.7. The topological polar surface area (TPSA) is 96.0 Å². The van der Waals surface area contributed by atoms with Crippen LogP contribution in [0.3, 0.4) is 0 Å². The maximum Gasteiger partial charge on any atom is 0.264 e. The minimum atomic E-state index is -4.26. The molecule has 1 fully saturated rings. The number of hydrogen-bond donors (Lipinski definition) is 1. The Bertz CT molecular complexity index is 1820. The smallest absolute Gasteiger partial charge is 0.264 e. The molecule has 0 saturated heterocycles. The number of carbonyl (C=O) groups excluding carboxylic acids is 2. The molecule has 4 aromatic rings. The lowest BCUT2D eigenvalue weighted by Gasteiger charge is -2.34. The largest absolute Gasteiger partial charge is 0.492 e. The predicted octanol–water partition coefficient (Wildman–Crippen LogP) is 7.46. The summed E-state index contributed by atoms with van der Waals surface area (Å²) in [5, 5.41) is 3.21. The van der Waals surface area contributed by atoms with Crippen LogP contribution in [0.1, 0.15) is 43.7 Å². The summed E-state index contributed by atoms with van der Waals surface area (Å²) in [5.74, 6) is -0.436. The maximum atomic E-state index is 14.8. The molecule has 1 aliphatic rings. The highest BCUT2D eigenvalue weighted by Gasteiger charge is 2.36. The molecule has 0 bridgehead atoms. The molecule has 1 saturated carbocycles. The molecule has 258 valence electrons. The molecule has 0 radical (unpaired) electrons. The molecule has 8 nitrogen and oxygen atoms in total. The summed E-state index contributed by atoms with van der Waals surface area (Å²) < 4.78 is 36.8. The third-order valence-electron chi connectivity index (χ3n) is 8.57. The van der Waals surface area contributed by atoms with Crippen molar-refractivity contribution < 1.29 is 22.7 Å². The zero-order chi connectivity index (χ0) is 34.8. The molecular weight excluding hydrogens is 722 g/mol. The van der Waals surface area contributed by atoms with Crippen LogP contribution in [0.25, 0.3) is 0 Å². The Morgan fingerprint density at radius 3 is 2.27 bits per heavy atom. The van der Waals surface area contributed by atoms with E-state index in [0.717, 1.165) is 50.5 Å². The third kappa shape index (κ3) is 9.46. The first-order chi connectivity index (χ1) is 23.7. The summed E-state index contributed by atoms with van der Waals surface area (Å²) in [4.78, 5) is 31.5. The van der Waals surface area contributed by atoms with Crippen LogP contribution in [-0.4, -0.2) is 56.6 Å². The van der Waals surface area contributed by atoms with Crippen molar-refractivity contribution in [2.45, 2.75) is 67.4 Å². The SMILES string of the molecule is CCOc1ccccc1N(CC(=O)N(Cc1cccc(Br)c1)[C@H](Cc1ccccc1)C(=O)NC1CCCC1)S(=O)(=O)c1ccc(SC)cc1. The van der Waals surface area contributed by atoms with E-state index in [0.29, 0.717) is 12.4 Å². The normalized spacial score (nSPS) is 13.9. The standard InChI is InChI=1S/C38H42BrN3O5S2/c1-3-47-36-19-10-9-18-34(36)42(49(45,46)33-22-20-32(48-2)21-23-33)27-37(43)41(26-29-14-11-15-30(39)24-29)35(25-28-12-5-4-6-13-28)38(44)40-31-16-7-8-17-31/h4-6,9-15,18-24,31,35H,3,7-8,16-17,25-27H2,1-2H3,(H,40,44)/t35-/m1/s1. The number of carbonyl (C=O) groups is 2. The van der Waals surface area contributed by atoms with Crippen LogP contribution in [0.2, 0.25) is 0 Å². The average Bonchev–Trinajstić information content (AvgIpc) is 3.62. The summed E-state index contributed by atoms with van der Waals surface area (Å²) in [6.45, 7) is 1.67. The number of amides is 2. The second-order valence-corrected chi connectivity index (χ2v) is 15.6. The Morgan fingerprint density at radius 2 is 1.59 bits per heavy atom. The van der Waals surface area contributed by atoms with Crippen LogP contribution in [0, 0.1) is 0 Å². The number of ether oxygens (including phenoxy) is 1. The van der Waals surface area contributed by atoms with Gasteiger partial charge in [-0.3, -0.25) is 13.9 Å². The monoisotopic (exact) mass is 763 g/mol. The van der Waals surface area contributed by atoms with E-state index in [1.54, 1.807) is 48.5 Å². The van der Waals surface area contributed by atoms with Gasteiger partial charge in [0.1, 0.15) is 18.3 Å². The summed E-state index contributed by atoms with van der Waals surface area (Å²) in [5.41, 5.74) is 1.93. The van der Waals surface area contributed by atoms with Gasteiger partial charge in [0, 0.05) is 28.4 Å². The Labute approximate surface area is 302 Å². The first-order valence-electron chi connectivity index (χ1n) is 16.5. The number of hydrogen-bond acceptors (Lipinski definition) is 6. The van der Waals surface area contributed by atoms with Crippen molar-refractivity contribution in [3.8, 4) is 5.75 Å². The van der Waals surface area contributed by atoms with Crippen molar-refractivity contribution in [1.29, 1.82) is 0 Å². The molecule has 2 amide bonds. The molecule has 1 N–H and O–H groups in total. The zero-order valence-corrected chi connectivity index (χ0v) is 31.0. The number of nitrogens with one attached hydrogen (secondary N) is 1. The van der Waals surface area contributed by atoms with Gasteiger partial charge in [0.15, 0.2) is 0 Å². The van der Waals surface area contributed by atoms with Gasteiger partial charge in [0.05, 0.1) is 17.2 Å². The van der Waals surface area contributed by atoms with Gasteiger partial charge >= 0.3 is 0 Å². The number of sulfonamides is 1. The second kappa shape index (κ2) is 17.2. The van der Waals surface area contributed by atoms with Crippen molar-refractivity contribution in [1.82, 2.24) is 10.2 Å². The Balaban J connectivity index is 1.59. The van der Waals surface area contributed by atoms with Gasteiger partial charge in [0.2, 0.25) is 11.8 Å². The average molecular weight is 765 g/mol. The van der Waals surface area contributed by atoms with Crippen LogP contribution >= 0.6 is 27.7 Å². The maximum absolute atomic E-state index is 14.8. The molecule has 11 heteroatoms. The van der Waals surface area contributed by atoms with E-state index in [2.05, 4.69) is 21.2 Å². The predicted molar refractivity (Wildman–Crippen MR) is 199 cm³/mol. The molecule has 1 atom stereocenters. The van der Waals surface area contributed by atoms with E-state index in [1.165, 1.54) is 16.7 Å². The second-order valence-electron chi connectivity index (χ2n) is 11.9. The van der Waals surface area contributed by atoms with Crippen molar-refractivity contribution in [2.75, 3.05) is 23.7 Å². The van der Waals surface area contributed by atoms with Crippen molar-refractivity contribution in [3.05, 3.63) is 119 Å². The molecule has 5 rings (SSSR count). The summed E-state index contributed by atoms with van der Waals surface area (Å²) >= 11 is 5.04. The highest BCUT2D eigenvalue weighted by Crippen LogP contribution is 2.33. The molecule has 1 aliphatic carbocycles. The van der Waals surface area contributed by atoms with Crippen LogP contribution in [0.4, 0.5) is 5.69 Å². The van der Waals surface area contributed by atoms with Crippen molar-refractivity contribution in [3.63, 3.8) is 0 Å². The molecule has 0 aromatic heterocycles. The number of nitrogens with zero attached hydrogens (tertiary/aromatic N) is 2.